The van der Waals surface area contributed by atoms with Gasteiger partial charge in [0.15, 0.2) is 0 Å². The predicted molar refractivity (Wildman–Crippen MR) is 75.6 cm³/mol. The molecule has 1 amide bonds. The number of hydrogen-bond donors (Lipinski definition) is 1. The smallest absolute Gasteiger partial charge is 0.227 e. The normalized spacial score (nSPS) is 15.6. The van der Waals surface area contributed by atoms with Gasteiger partial charge in [0.2, 0.25) is 5.91 Å². The zero-order valence-corrected chi connectivity index (χ0v) is 12.3. The second-order valence-electron chi connectivity index (χ2n) is 4.29. The van der Waals surface area contributed by atoms with Crippen molar-refractivity contribution in [3.63, 3.8) is 0 Å². The van der Waals surface area contributed by atoms with Crippen molar-refractivity contribution in [3.8, 4) is 0 Å². The Balaban J connectivity index is 0.00000256. The second kappa shape index (κ2) is 6.99. The summed E-state index contributed by atoms with van der Waals surface area (Å²) in [5, 5.41) is 2.03. The van der Waals surface area contributed by atoms with Crippen molar-refractivity contribution < 1.29 is 4.79 Å². The summed E-state index contributed by atoms with van der Waals surface area (Å²) in [6, 6.07) is 4.07. The van der Waals surface area contributed by atoms with Crippen LogP contribution in [-0.2, 0) is 4.79 Å². The quantitative estimate of drug-likeness (QED) is 0.919. The molecule has 0 fully saturated rings. The highest BCUT2D eigenvalue weighted by Gasteiger charge is 2.24. The van der Waals surface area contributed by atoms with E-state index in [0.29, 0.717) is 0 Å². The van der Waals surface area contributed by atoms with Crippen LogP contribution in [0.3, 0.4) is 0 Å². The Labute approximate surface area is 113 Å². The third-order valence-corrected chi connectivity index (χ3v) is 4.10. The average Bonchev–Trinajstić information content (AvgIpc) is 2.78. The second-order valence-corrected chi connectivity index (χ2v) is 5.27. The van der Waals surface area contributed by atoms with Crippen LogP contribution in [-0.4, -0.2) is 23.9 Å². The summed E-state index contributed by atoms with van der Waals surface area (Å²) in [7, 11) is 1.84. The van der Waals surface area contributed by atoms with Crippen LogP contribution in [0.2, 0.25) is 0 Å². The number of nitrogens with two attached hydrogens (primary N) is 1. The van der Waals surface area contributed by atoms with Gasteiger partial charge >= 0.3 is 0 Å². The Kier molecular flexibility index (Phi) is 6.75. The van der Waals surface area contributed by atoms with Crippen LogP contribution in [0, 0.1) is 5.92 Å². The first-order chi connectivity index (χ1) is 7.45. The molecule has 1 aromatic heterocycles. The van der Waals surface area contributed by atoms with Gasteiger partial charge in [-0.25, -0.2) is 0 Å². The molecule has 1 aromatic rings. The van der Waals surface area contributed by atoms with Crippen molar-refractivity contribution >= 4 is 29.7 Å². The van der Waals surface area contributed by atoms with E-state index >= 15 is 0 Å². The molecule has 3 atom stereocenters. The van der Waals surface area contributed by atoms with Gasteiger partial charge in [0, 0.05) is 18.0 Å². The summed E-state index contributed by atoms with van der Waals surface area (Å²) in [6.07, 6.45) is 0. The Morgan fingerprint density at radius 1 is 1.41 bits per heavy atom. The van der Waals surface area contributed by atoms with Crippen LogP contribution < -0.4 is 5.73 Å². The number of amides is 1. The third-order valence-electron chi connectivity index (χ3n) is 3.06. The molecule has 0 aliphatic carbocycles. The lowest BCUT2D eigenvalue weighted by Gasteiger charge is -2.28. The van der Waals surface area contributed by atoms with Crippen LogP contribution in [0.1, 0.15) is 31.7 Å². The number of thiophene rings is 1. The van der Waals surface area contributed by atoms with Crippen molar-refractivity contribution in [1.29, 1.82) is 0 Å². The number of carbonyl (C=O) groups excluding carboxylic acids is 1. The molecule has 0 radical (unpaired) electrons. The zero-order valence-electron chi connectivity index (χ0n) is 10.7. The Bertz CT molecular complexity index is 340. The van der Waals surface area contributed by atoms with E-state index < -0.39 is 0 Å². The fourth-order valence-corrected chi connectivity index (χ4v) is 2.28. The van der Waals surface area contributed by atoms with Gasteiger partial charge in [0.05, 0.1) is 12.0 Å². The Morgan fingerprint density at radius 3 is 2.41 bits per heavy atom. The van der Waals surface area contributed by atoms with E-state index in [2.05, 4.69) is 6.07 Å². The summed E-state index contributed by atoms with van der Waals surface area (Å²) >= 11 is 1.67. The Hall–Kier alpha value is -0.580. The van der Waals surface area contributed by atoms with Gasteiger partial charge in [-0.15, -0.1) is 23.7 Å². The molecular formula is C12H21ClN2OS. The maximum absolute atomic E-state index is 12.1. The summed E-state index contributed by atoms with van der Waals surface area (Å²) < 4.78 is 0. The van der Waals surface area contributed by atoms with E-state index in [1.807, 2.05) is 39.3 Å². The van der Waals surface area contributed by atoms with Gasteiger partial charge in [0.1, 0.15) is 0 Å². The number of halogens is 1. The topological polar surface area (TPSA) is 46.3 Å². The highest BCUT2D eigenvalue weighted by atomic mass is 35.5. The van der Waals surface area contributed by atoms with Gasteiger partial charge in [-0.2, -0.15) is 0 Å². The Morgan fingerprint density at radius 2 is 2.00 bits per heavy atom. The van der Waals surface area contributed by atoms with Crippen molar-refractivity contribution in [2.24, 2.45) is 11.7 Å². The van der Waals surface area contributed by atoms with E-state index in [-0.39, 0.29) is 36.3 Å². The minimum atomic E-state index is -0.132. The SMILES string of the molecule is CC(N)C(C)C(=O)N(C)C(C)c1cccs1.Cl. The van der Waals surface area contributed by atoms with Crippen LogP contribution in [0.4, 0.5) is 0 Å². The van der Waals surface area contributed by atoms with E-state index in [4.69, 9.17) is 5.73 Å². The standard InChI is InChI=1S/C12H20N2OS.ClH/c1-8(9(2)13)12(15)14(4)10(3)11-6-5-7-16-11;/h5-10H,13H2,1-4H3;1H. The molecule has 0 aliphatic heterocycles. The number of nitrogens with zero attached hydrogens (tertiary/aromatic N) is 1. The van der Waals surface area contributed by atoms with Gasteiger partial charge in [-0.05, 0) is 25.3 Å². The monoisotopic (exact) mass is 276 g/mol. The molecule has 0 aromatic carbocycles. The molecular weight excluding hydrogens is 256 g/mol. The predicted octanol–water partition coefficient (Wildman–Crippen LogP) is 2.67. The minimum absolute atomic E-state index is 0. The molecule has 3 nitrogen and oxygen atoms in total. The highest BCUT2D eigenvalue weighted by molar-refractivity contribution is 7.10. The molecule has 0 spiro atoms. The summed E-state index contributed by atoms with van der Waals surface area (Å²) in [6.45, 7) is 5.79. The van der Waals surface area contributed by atoms with Crippen LogP contribution in [0.15, 0.2) is 17.5 Å². The molecule has 0 saturated carbocycles. The van der Waals surface area contributed by atoms with Crippen molar-refractivity contribution in [2.75, 3.05) is 7.05 Å². The fourth-order valence-electron chi connectivity index (χ4n) is 1.46. The largest absolute Gasteiger partial charge is 0.338 e. The molecule has 3 unspecified atom stereocenters. The van der Waals surface area contributed by atoms with Gasteiger partial charge in [-0.3, -0.25) is 4.79 Å². The lowest BCUT2D eigenvalue weighted by atomic mass is 10.0. The van der Waals surface area contributed by atoms with E-state index in [1.54, 1.807) is 16.2 Å². The van der Waals surface area contributed by atoms with Gasteiger partial charge < -0.3 is 10.6 Å². The summed E-state index contributed by atoms with van der Waals surface area (Å²) in [4.78, 5) is 15.1. The minimum Gasteiger partial charge on any atom is -0.338 e. The van der Waals surface area contributed by atoms with Crippen LogP contribution >= 0.6 is 23.7 Å². The fraction of sp³-hybridized carbons (Fsp3) is 0.583. The van der Waals surface area contributed by atoms with E-state index in [0.717, 1.165) is 0 Å². The highest BCUT2D eigenvalue weighted by Crippen LogP contribution is 2.24. The van der Waals surface area contributed by atoms with E-state index in [9.17, 15) is 4.79 Å². The van der Waals surface area contributed by atoms with Crippen LogP contribution in [0.5, 0.6) is 0 Å². The number of hydrogen-bond acceptors (Lipinski definition) is 3. The van der Waals surface area contributed by atoms with E-state index in [1.165, 1.54) is 4.88 Å². The van der Waals surface area contributed by atoms with Crippen LogP contribution in [0.25, 0.3) is 0 Å². The van der Waals surface area contributed by atoms with Crippen molar-refractivity contribution in [2.45, 2.75) is 32.9 Å². The molecule has 98 valence electrons. The number of rotatable bonds is 4. The first-order valence-electron chi connectivity index (χ1n) is 5.50. The van der Waals surface area contributed by atoms with Gasteiger partial charge in [0.25, 0.3) is 0 Å². The molecule has 0 aliphatic rings. The third kappa shape index (κ3) is 3.98. The summed E-state index contributed by atoms with van der Waals surface area (Å²) in [5.74, 6) is -0.0247. The summed E-state index contributed by atoms with van der Waals surface area (Å²) in [5.41, 5.74) is 5.75. The number of carbonyl (C=O) groups is 1. The first kappa shape index (κ1) is 16.4. The lowest BCUT2D eigenvalue weighted by molar-refractivity contribution is -0.136. The maximum atomic E-state index is 12.1. The molecule has 1 rings (SSSR count). The molecule has 5 heteroatoms. The first-order valence-corrected chi connectivity index (χ1v) is 6.38. The van der Waals surface area contributed by atoms with Crippen molar-refractivity contribution in [1.82, 2.24) is 4.90 Å². The molecule has 17 heavy (non-hydrogen) atoms. The molecule has 0 saturated heterocycles. The average molecular weight is 277 g/mol. The van der Waals surface area contributed by atoms with Gasteiger partial charge in [-0.1, -0.05) is 13.0 Å². The zero-order chi connectivity index (χ0) is 12.3. The molecule has 0 bridgehead atoms. The molecule has 1 heterocycles. The lowest BCUT2D eigenvalue weighted by Crippen LogP contribution is -2.40. The maximum Gasteiger partial charge on any atom is 0.227 e. The molecule has 2 N–H and O–H groups in total. The van der Waals surface area contributed by atoms with Crippen molar-refractivity contribution in [3.05, 3.63) is 22.4 Å².